The van der Waals surface area contributed by atoms with Gasteiger partial charge in [-0.1, -0.05) is 0 Å². The van der Waals surface area contributed by atoms with Crippen LogP contribution in [0.3, 0.4) is 0 Å². The van der Waals surface area contributed by atoms with Gasteiger partial charge in [-0.2, -0.15) is 5.10 Å². The van der Waals surface area contributed by atoms with E-state index in [1.807, 2.05) is 0 Å². The SMILES string of the molecule is COC(=O)C(C)(C)Cn1ncc(N2CCOCC2)cc1=O. The summed E-state index contributed by atoms with van der Waals surface area (Å²) in [5.74, 6) is -0.367. The smallest absolute Gasteiger partial charge is 0.313 e. The Hall–Kier alpha value is -1.89. The number of morpholine rings is 1. The Labute approximate surface area is 123 Å². The van der Waals surface area contributed by atoms with E-state index in [-0.39, 0.29) is 18.1 Å². The molecule has 7 heteroatoms. The zero-order valence-corrected chi connectivity index (χ0v) is 12.7. The Morgan fingerprint density at radius 1 is 1.43 bits per heavy atom. The maximum absolute atomic E-state index is 12.2. The summed E-state index contributed by atoms with van der Waals surface area (Å²) in [5, 5.41) is 4.17. The van der Waals surface area contributed by atoms with Crippen LogP contribution in [0.2, 0.25) is 0 Å². The van der Waals surface area contributed by atoms with E-state index < -0.39 is 5.41 Å². The first-order valence-corrected chi connectivity index (χ1v) is 6.92. The Morgan fingerprint density at radius 3 is 2.67 bits per heavy atom. The lowest BCUT2D eigenvalue weighted by atomic mass is 9.94. The molecule has 0 N–H and O–H groups in total. The van der Waals surface area contributed by atoms with Crippen molar-refractivity contribution in [1.29, 1.82) is 0 Å². The molecule has 1 aliphatic rings. The van der Waals surface area contributed by atoms with Crippen molar-refractivity contribution in [1.82, 2.24) is 9.78 Å². The van der Waals surface area contributed by atoms with Crippen molar-refractivity contribution in [2.45, 2.75) is 20.4 Å². The molecule has 1 aromatic rings. The molecule has 0 aliphatic carbocycles. The molecule has 116 valence electrons. The van der Waals surface area contributed by atoms with E-state index in [2.05, 4.69) is 10.00 Å². The predicted molar refractivity (Wildman–Crippen MR) is 77.3 cm³/mol. The number of carbonyl (C=O) groups excluding carboxylic acids is 1. The molecule has 1 aromatic heterocycles. The fourth-order valence-corrected chi connectivity index (χ4v) is 2.25. The van der Waals surface area contributed by atoms with Crippen LogP contribution in [-0.2, 0) is 20.8 Å². The second-order valence-corrected chi connectivity index (χ2v) is 5.68. The molecule has 0 atom stereocenters. The van der Waals surface area contributed by atoms with E-state index in [0.29, 0.717) is 13.2 Å². The number of carbonyl (C=O) groups is 1. The van der Waals surface area contributed by atoms with E-state index in [1.165, 1.54) is 11.8 Å². The van der Waals surface area contributed by atoms with Crippen molar-refractivity contribution in [3.8, 4) is 0 Å². The van der Waals surface area contributed by atoms with E-state index in [9.17, 15) is 9.59 Å². The largest absolute Gasteiger partial charge is 0.469 e. The summed E-state index contributed by atoms with van der Waals surface area (Å²) >= 11 is 0. The highest BCUT2D eigenvalue weighted by Crippen LogP contribution is 2.19. The van der Waals surface area contributed by atoms with Gasteiger partial charge in [0, 0.05) is 19.2 Å². The molecule has 1 saturated heterocycles. The van der Waals surface area contributed by atoms with Gasteiger partial charge in [0.2, 0.25) is 0 Å². The molecular weight excluding hydrogens is 274 g/mol. The first-order chi connectivity index (χ1) is 9.94. The van der Waals surface area contributed by atoms with Gasteiger partial charge in [0.15, 0.2) is 0 Å². The lowest BCUT2D eigenvalue weighted by molar-refractivity contribution is -0.151. The first-order valence-electron chi connectivity index (χ1n) is 6.92. The minimum absolute atomic E-state index is 0.182. The number of anilines is 1. The highest BCUT2D eigenvalue weighted by molar-refractivity contribution is 5.75. The number of hydrogen-bond acceptors (Lipinski definition) is 6. The van der Waals surface area contributed by atoms with Gasteiger partial charge in [-0.25, -0.2) is 4.68 Å². The van der Waals surface area contributed by atoms with Crippen LogP contribution in [0.4, 0.5) is 5.69 Å². The summed E-state index contributed by atoms with van der Waals surface area (Å²) in [6.45, 7) is 6.43. The van der Waals surface area contributed by atoms with Crippen LogP contribution in [0, 0.1) is 5.41 Å². The van der Waals surface area contributed by atoms with Crippen LogP contribution >= 0.6 is 0 Å². The van der Waals surface area contributed by atoms with Crippen molar-refractivity contribution < 1.29 is 14.3 Å². The molecule has 7 nitrogen and oxygen atoms in total. The molecule has 0 spiro atoms. The fourth-order valence-electron chi connectivity index (χ4n) is 2.25. The van der Waals surface area contributed by atoms with Gasteiger partial charge in [0.1, 0.15) is 0 Å². The van der Waals surface area contributed by atoms with Crippen LogP contribution in [-0.4, -0.2) is 49.2 Å². The topological polar surface area (TPSA) is 73.7 Å². The van der Waals surface area contributed by atoms with E-state index in [1.54, 1.807) is 26.1 Å². The second kappa shape index (κ2) is 6.26. The number of ether oxygens (including phenoxy) is 2. The summed E-state index contributed by atoms with van der Waals surface area (Å²) in [6, 6.07) is 1.55. The average molecular weight is 295 g/mol. The number of rotatable bonds is 4. The normalized spacial score (nSPS) is 15.9. The minimum Gasteiger partial charge on any atom is -0.469 e. The number of nitrogens with zero attached hydrogens (tertiary/aromatic N) is 3. The molecule has 21 heavy (non-hydrogen) atoms. The van der Waals surface area contributed by atoms with Gasteiger partial charge >= 0.3 is 5.97 Å². The van der Waals surface area contributed by atoms with Gasteiger partial charge in [0.05, 0.1) is 44.2 Å². The molecular formula is C14H21N3O4. The average Bonchev–Trinajstić information content (AvgIpc) is 2.49. The number of aromatic nitrogens is 2. The predicted octanol–water partition coefficient (Wildman–Crippen LogP) is 0.279. The maximum Gasteiger partial charge on any atom is 0.313 e. The summed E-state index contributed by atoms with van der Waals surface area (Å²) < 4.78 is 11.3. The minimum atomic E-state index is -0.800. The molecule has 0 aromatic carbocycles. The lowest BCUT2D eigenvalue weighted by Gasteiger charge is -2.28. The summed E-state index contributed by atoms with van der Waals surface area (Å²) in [4.78, 5) is 25.9. The standard InChI is InChI=1S/C14H21N3O4/c1-14(2,13(19)20-3)10-17-12(18)8-11(9-15-17)16-4-6-21-7-5-16/h8-9H,4-7,10H2,1-3H3. The summed E-state index contributed by atoms with van der Waals surface area (Å²) in [6.07, 6.45) is 1.65. The van der Waals surface area contributed by atoms with Gasteiger partial charge in [-0.15, -0.1) is 0 Å². The van der Waals surface area contributed by atoms with Gasteiger partial charge < -0.3 is 14.4 Å². The fraction of sp³-hybridized carbons (Fsp3) is 0.643. The summed E-state index contributed by atoms with van der Waals surface area (Å²) in [5.41, 5.74) is -0.238. The molecule has 1 aliphatic heterocycles. The molecule has 2 heterocycles. The van der Waals surface area contributed by atoms with E-state index in [4.69, 9.17) is 9.47 Å². The molecule has 0 unspecified atom stereocenters. The van der Waals surface area contributed by atoms with Crippen molar-refractivity contribution in [2.24, 2.45) is 5.41 Å². The monoisotopic (exact) mass is 295 g/mol. The molecule has 1 fully saturated rings. The molecule has 0 amide bonds. The number of esters is 1. The van der Waals surface area contributed by atoms with Gasteiger partial charge in [-0.05, 0) is 13.8 Å². The number of hydrogen-bond donors (Lipinski definition) is 0. The lowest BCUT2D eigenvalue weighted by Crippen LogP contribution is -2.39. The Balaban J connectivity index is 2.16. The van der Waals surface area contributed by atoms with E-state index in [0.717, 1.165) is 18.8 Å². The molecule has 2 rings (SSSR count). The Morgan fingerprint density at radius 2 is 2.10 bits per heavy atom. The maximum atomic E-state index is 12.2. The Bertz CT molecular complexity index is 562. The van der Waals surface area contributed by atoms with Crippen molar-refractivity contribution in [3.63, 3.8) is 0 Å². The molecule has 0 saturated carbocycles. The van der Waals surface area contributed by atoms with Crippen molar-refractivity contribution in [3.05, 3.63) is 22.6 Å². The van der Waals surface area contributed by atoms with Crippen LogP contribution in [0.25, 0.3) is 0 Å². The van der Waals surface area contributed by atoms with E-state index >= 15 is 0 Å². The van der Waals surface area contributed by atoms with Gasteiger partial charge in [-0.3, -0.25) is 9.59 Å². The second-order valence-electron chi connectivity index (χ2n) is 5.68. The van der Waals surface area contributed by atoms with Crippen LogP contribution in [0.5, 0.6) is 0 Å². The van der Waals surface area contributed by atoms with Gasteiger partial charge in [0.25, 0.3) is 5.56 Å². The van der Waals surface area contributed by atoms with Crippen LogP contribution in [0.15, 0.2) is 17.1 Å². The first kappa shape index (κ1) is 15.5. The quantitative estimate of drug-likeness (QED) is 0.743. The Kier molecular flexibility index (Phi) is 4.62. The third-order valence-corrected chi connectivity index (χ3v) is 3.51. The number of methoxy groups -OCH3 is 1. The molecule has 0 bridgehead atoms. The molecule has 0 radical (unpaired) electrons. The highest BCUT2D eigenvalue weighted by atomic mass is 16.5. The van der Waals surface area contributed by atoms with Crippen molar-refractivity contribution in [2.75, 3.05) is 38.3 Å². The third-order valence-electron chi connectivity index (χ3n) is 3.51. The van der Waals surface area contributed by atoms with Crippen LogP contribution < -0.4 is 10.5 Å². The zero-order chi connectivity index (χ0) is 15.5. The summed E-state index contributed by atoms with van der Waals surface area (Å²) in [7, 11) is 1.34. The third kappa shape index (κ3) is 3.60. The highest BCUT2D eigenvalue weighted by Gasteiger charge is 2.30. The van der Waals surface area contributed by atoms with Crippen LogP contribution in [0.1, 0.15) is 13.8 Å². The van der Waals surface area contributed by atoms with Crippen molar-refractivity contribution >= 4 is 11.7 Å². The zero-order valence-electron chi connectivity index (χ0n) is 12.7.